The molecule has 4 heterocycles. The van der Waals surface area contributed by atoms with Crippen molar-refractivity contribution in [3.8, 4) is 22.5 Å². The molecule has 7 aromatic carbocycles. The third-order valence-electron chi connectivity index (χ3n) is 10.8. The predicted octanol–water partition coefficient (Wildman–Crippen LogP) is 14.3. The Morgan fingerprint density at radius 1 is 0.509 bits per heavy atom. The Bertz CT molecular complexity index is 3330. The van der Waals surface area contributed by atoms with Crippen LogP contribution >= 0.6 is 11.3 Å². The molecule has 4 aromatic heterocycles. The summed E-state index contributed by atoms with van der Waals surface area (Å²) < 4.78 is 12.3. The quantitative estimate of drug-likeness (QED) is 0.176. The van der Waals surface area contributed by atoms with E-state index in [9.17, 15) is 0 Å². The average Bonchev–Trinajstić information content (AvgIpc) is 3.94. The minimum Gasteiger partial charge on any atom is -0.456 e. The van der Waals surface area contributed by atoms with E-state index in [2.05, 4.69) is 168 Å². The van der Waals surface area contributed by atoms with E-state index in [1.54, 1.807) is 0 Å². The molecule has 0 N–H and O–H groups in total. The summed E-state index contributed by atoms with van der Waals surface area (Å²) in [4.78, 5) is 1.24. The molecule has 0 amide bonds. The number of hydrogen-bond donors (Lipinski definition) is 0. The molecular weight excluding hydrogens is 665 g/mol. The average molecular weight is 697 g/mol. The van der Waals surface area contributed by atoms with Crippen molar-refractivity contribution in [2.75, 3.05) is 0 Å². The van der Waals surface area contributed by atoms with Gasteiger partial charge in [0.1, 0.15) is 11.2 Å². The van der Waals surface area contributed by atoms with E-state index < -0.39 is 0 Å². The fourth-order valence-electron chi connectivity index (χ4n) is 8.46. The first-order chi connectivity index (χ1) is 26.2. The van der Waals surface area contributed by atoms with Gasteiger partial charge in [-0.3, -0.25) is 0 Å². The SMILES string of the molecule is C=Cc1c(/C=C\C)sc2ccc(-n3c4ccccc4c4cc(-c5ccc6c(c5)c5ccccc5n6-c5ccc6c(c5)oc5ccccc56)ccc43)cc12. The summed E-state index contributed by atoms with van der Waals surface area (Å²) in [5.74, 6) is 0. The van der Waals surface area contributed by atoms with Crippen LogP contribution < -0.4 is 0 Å². The first kappa shape index (κ1) is 30.0. The maximum Gasteiger partial charge on any atom is 0.137 e. The van der Waals surface area contributed by atoms with Gasteiger partial charge in [0.2, 0.25) is 0 Å². The Labute approximate surface area is 309 Å². The largest absolute Gasteiger partial charge is 0.456 e. The van der Waals surface area contributed by atoms with Gasteiger partial charge < -0.3 is 13.6 Å². The highest BCUT2D eigenvalue weighted by atomic mass is 32.1. The molecule has 11 aromatic rings. The lowest BCUT2D eigenvalue weighted by molar-refractivity contribution is 0.668. The monoisotopic (exact) mass is 696 g/mol. The van der Waals surface area contributed by atoms with Crippen molar-refractivity contribution in [3.05, 3.63) is 169 Å². The van der Waals surface area contributed by atoms with Gasteiger partial charge in [0.15, 0.2) is 0 Å². The van der Waals surface area contributed by atoms with Crippen molar-refractivity contribution >= 4 is 99.1 Å². The highest BCUT2D eigenvalue weighted by Gasteiger charge is 2.18. The summed E-state index contributed by atoms with van der Waals surface area (Å²) >= 11 is 1.82. The summed E-state index contributed by atoms with van der Waals surface area (Å²) in [6.07, 6.45) is 6.27. The molecule has 0 saturated carbocycles. The van der Waals surface area contributed by atoms with E-state index in [1.807, 2.05) is 29.5 Å². The molecule has 3 nitrogen and oxygen atoms in total. The Morgan fingerprint density at radius 2 is 1.08 bits per heavy atom. The maximum atomic E-state index is 6.31. The van der Waals surface area contributed by atoms with Crippen LogP contribution in [0.3, 0.4) is 0 Å². The second-order valence-electron chi connectivity index (χ2n) is 13.7. The fraction of sp³-hybridized carbons (Fsp3) is 0.0204. The number of allylic oxidation sites excluding steroid dienone is 1. The highest BCUT2D eigenvalue weighted by Crippen LogP contribution is 2.41. The lowest BCUT2D eigenvalue weighted by Crippen LogP contribution is -1.94. The van der Waals surface area contributed by atoms with Crippen molar-refractivity contribution in [2.24, 2.45) is 0 Å². The van der Waals surface area contributed by atoms with E-state index in [1.165, 1.54) is 75.3 Å². The van der Waals surface area contributed by atoms with Gasteiger partial charge in [-0.25, -0.2) is 0 Å². The number of fused-ring (bicyclic) bond motifs is 10. The van der Waals surface area contributed by atoms with Crippen molar-refractivity contribution in [1.29, 1.82) is 0 Å². The molecule has 0 fully saturated rings. The lowest BCUT2D eigenvalue weighted by Gasteiger charge is -2.10. The summed E-state index contributed by atoms with van der Waals surface area (Å²) in [6, 6.07) is 52.9. The number of aromatic nitrogens is 2. The van der Waals surface area contributed by atoms with Gasteiger partial charge in [0.25, 0.3) is 0 Å². The normalized spacial score (nSPS) is 12.2. The smallest absolute Gasteiger partial charge is 0.137 e. The molecule has 0 aliphatic carbocycles. The molecule has 0 aliphatic rings. The molecule has 0 aliphatic heterocycles. The number of rotatable bonds is 5. The number of para-hydroxylation sites is 3. The van der Waals surface area contributed by atoms with Crippen LogP contribution in [0, 0.1) is 0 Å². The summed E-state index contributed by atoms with van der Waals surface area (Å²) in [5.41, 5.74) is 12.4. The topological polar surface area (TPSA) is 23.0 Å². The van der Waals surface area contributed by atoms with Crippen LogP contribution in [0.4, 0.5) is 0 Å². The third-order valence-corrected chi connectivity index (χ3v) is 12.0. The van der Waals surface area contributed by atoms with Gasteiger partial charge in [-0.2, -0.15) is 0 Å². The first-order valence-electron chi connectivity index (χ1n) is 18.0. The van der Waals surface area contributed by atoms with E-state index in [0.717, 1.165) is 33.3 Å². The second-order valence-corrected chi connectivity index (χ2v) is 14.8. The number of thiophene rings is 1. The predicted molar refractivity (Wildman–Crippen MR) is 228 cm³/mol. The van der Waals surface area contributed by atoms with E-state index >= 15 is 0 Å². The van der Waals surface area contributed by atoms with Gasteiger partial charge >= 0.3 is 0 Å². The summed E-state index contributed by atoms with van der Waals surface area (Å²) in [6.45, 7) is 6.22. The van der Waals surface area contributed by atoms with Crippen molar-refractivity contribution in [2.45, 2.75) is 6.92 Å². The molecular formula is C49H32N2OS. The van der Waals surface area contributed by atoms with E-state index in [4.69, 9.17) is 4.42 Å². The first-order valence-corrected chi connectivity index (χ1v) is 18.8. The number of benzene rings is 7. The third kappa shape index (κ3) is 4.40. The second kappa shape index (κ2) is 11.4. The van der Waals surface area contributed by atoms with Crippen LogP contribution in [0.25, 0.3) is 110 Å². The Morgan fingerprint density at radius 3 is 1.74 bits per heavy atom. The molecule has 0 saturated heterocycles. The van der Waals surface area contributed by atoms with Crippen LogP contribution in [0.15, 0.2) is 163 Å². The van der Waals surface area contributed by atoms with Crippen LogP contribution in [0.2, 0.25) is 0 Å². The van der Waals surface area contributed by atoms with Gasteiger partial charge in [0.05, 0.1) is 22.1 Å². The van der Waals surface area contributed by atoms with Crippen LogP contribution in [-0.2, 0) is 0 Å². The zero-order chi connectivity index (χ0) is 35.2. The van der Waals surface area contributed by atoms with Crippen LogP contribution in [0.5, 0.6) is 0 Å². The van der Waals surface area contributed by atoms with Crippen molar-refractivity contribution in [3.63, 3.8) is 0 Å². The number of nitrogens with zero attached hydrogens (tertiary/aromatic N) is 2. The van der Waals surface area contributed by atoms with Crippen LogP contribution in [0.1, 0.15) is 17.4 Å². The Hall–Kier alpha value is -6.62. The van der Waals surface area contributed by atoms with Gasteiger partial charge in [-0.15, -0.1) is 11.3 Å². The Kier molecular flexibility index (Phi) is 6.49. The molecule has 4 heteroatoms. The fourth-order valence-corrected chi connectivity index (χ4v) is 9.62. The Balaban J connectivity index is 1.07. The zero-order valence-electron chi connectivity index (χ0n) is 29.0. The molecule has 0 spiro atoms. The van der Waals surface area contributed by atoms with Gasteiger partial charge in [0, 0.05) is 64.7 Å². The molecule has 0 atom stereocenters. The molecule has 0 bridgehead atoms. The minimum atomic E-state index is 0.897. The molecule has 0 unspecified atom stereocenters. The van der Waals surface area contributed by atoms with Crippen molar-refractivity contribution < 1.29 is 4.42 Å². The standard InChI is InChI=1S/C49H32N2OS/c1-3-11-48-34(4-2)41-28-32(21-25-49(41)53-48)50-42-15-8-5-12-35(42)39-26-30(18-23-44(39)50)31-19-24-45-40(27-31)36-13-6-9-16-43(36)51(45)33-20-22-38-37-14-7-10-17-46(37)52-47(38)29-33/h3-29H,2H2,1H3/b11-3-. The summed E-state index contributed by atoms with van der Waals surface area (Å²) in [7, 11) is 0. The highest BCUT2D eigenvalue weighted by molar-refractivity contribution is 7.20. The summed E-state index contributed by atoms with van der Waals surface area (Å²) in [5, 5.41) is 8.46. The van der Waals surface area contributed by atoms with Crippen molar-refractivity contribution in [1.82, 2.24) is 9.13 Å². The molecule has 53 heavy (non-hydrogen) atoms. The lowest BCUT2D eigenvalue weighted by atomic mass is 10.0. The van der Waals surface area contributed by atoms with Gasteiger partial charge in [-0.1, -0.05) is 85.5 Å². The van der Waals surface area contributed by atoms with E-state index in [-0.39, 0.29) is 0 Å². The number of furan rings is 1. The minimum absolute atomic E-state index is 0.897. The molecule has 250 valence electrons. The zero-order valence-corrected chi connectivity index (χ0v) is 29.8. The number of hydrogen-bond acceptors (Lipinski definition) is 2. The molecule has 11 rings (SSSR count). The van der Waals surface area contributed by atoms with Gasteiger partial charge in [-0.05, 0) is 102 Å². The van der Waals surface area contributed by atoms with E-state index in [0.29, 0.717) is 0 Å². The molecule has 0 radical (unpaired) electrons. The maximum absolute atomic E-state index is 6.31. The van der Waals surface area contributed by atoms with Crippen LogP contribution in [-0.4, -0.2) is 9.13 Å².